The van der Waals surface area contributed by atoms with E-state index in [1.54, 1.807) is 6.07 Å². The number of halogens is 1. The van der Waals surface area contributed by atoms with Gasteiger partial charge in [-0.2, -0.15) is 0 Å². The van der Waals surface area contributed by atoms with Gasteiger partial charge in [0.1, 0.15) is 17.2 Å². The molecule has 1 aliphatic heterocycles. The summed E-state index contributed by atoms with van der Waals surface area (Å²) in [4.78, 5) is 0. The van der Waals surface area contributed by atoms with Gasteiger partial charge in [-0.3, -0.25) is 0 Å². The van der Waals surface area contributed by atoms with E-state index in [4.69, 9.17) is 4.74 Å². The Bertz CT molecular complexity index is 386. The van der Waals surface area contributed by atoms with Crippen LogP contribution in [-0.2, 0) is 0 Å². The van der Waals surface area contributed by atoms with Gasteiger partial charge in [0.2, 0.25) is 0 Å². The molecule has 1 nitrogen and oxygen atoms in total. The number of rotatable bonds is 1. The van der Waals surface area contributed by atoms with E-state index in [1.165, 1.54) is 6.07 Å². The second-order valence-corrected chi connectivity index (χ2v) is 4.81. The molecule has 0 spiro atoms. The van der Waals surface area contributed by atoms with Crippen LogP contribution < -0.4 is 4.74 Å². The minimum atomic E-state index is -0.287. The van der Waals surface area contributed by atoms with Crippen molar-refractivity contribution in [1.29, 1.82) is 0 Å². The van der Waals surface area contributed by atoms with Gasteiger partial charge in [0.05, 0.1) is 0 Å². The molecule has 1 aromatic carbocycles. The minimum Gasteiger partial charge on any atom is -0.486 e. The molecule has 0 saturated carbocycles. The highest BCUT2D eigenvalue weighted by molar-refractivity contribution is 5.43. The standard InChI is InChI=1S/C13H17FO/c1-8(2)13(4)9(3)12-10(14)6-5-7-11(12)15-13/h5-9H,1-4H3. The third kappa shape index (κ3) is 1.35. The number of hydrogen-bond acceptors (Lipinski definition) is 1. The summed E-state index contributed by atoms with van der Waals surface area (Å²) in [6.45, 7) is 8.32. The topological polar surface area (TPSA) is 9.23 Å². The molecule has 2 unspecified atom stereocenters. The van der Waals surface area contributed by atoms with Crippen molar-refractivity contribution in [2.45, 2.75) is 39.2 Å². The molecular formula is C13H17FO. The summed E-state index contributed by atoms with van der Waals surface area (Å²) >= 11 is 0. The van der Waals surface area contributed by atoms with Crippen LogP contribution in [0.2, 0.25) is 0 Å². The monoisotopic (exact) mass is 208 g/mol. The molecular weight excluding hydrogens is 191 g/mol. The van der Waals surface area contributed by atoms with Crippen LogP contribution in [0, 0.1) is 11.7 Å². The molecule has 1 aromatic rings. The first-order valence-corrected chi connectivity index (χ1v) is 5.44. The molecule has 0 aliphatic carbocycles. The highest BCUT2D eigenvalue weighted by Gasteiger charge is 2.45. The van der Waals surface area contributed by atoms with Crippen molar-refractivity contribution in [3.05, 3.63) is 29.6 Å². The smallest absolute Gasteiger partial charge is 0.130 e. The Morgan fingerprint density at radius 2 is 2.07 bits per heavy atom. The van der Waals surface area contributed by atoms with E-state index in [9.17, 15) is 4.39 Å². The predicted octanol–water partition coefficient (Wildman–Crippen LogP) is 3.74. The maximum absolute atomic E-state index is 13.7. The fraction of sp³-hybridized carbons (Fsp3) is 0.538. The third-order valence-electron chi connectivity index (χ3n) is 3.78. The predicted molar refractivity (Wildman–Crippen MR) is 58.7 cm³/mol. The van der Waals surface area contributed by atoms with Crippen LogP contribution in [0.1, 0.15) is 39.2 Å². The molecule has 15 heavy (non-hydrogen) atoms. The van der Waals surface area contributed by atoms with Crippen LogP contribution in [0.25, 0.3) is 0 Å². The maximum atomic E-state index is 13.7. The van der Waals surface area contributed by atoms with Crippen LogP contribution >= 0.6 is 0 Å². The van der Waals surface area contributed by atoms with E-state index in [0.717, 1.165) is 5.56 Å². The van der Waals surface area contributed by atoms with E-state index in [1.807, 2.05) is 13.0 Å². The lowest BCUT2D eigenvalue weighted by atomic mass is 9.79. The lowest BCUT2D eigenvalue weighted by Crippen LogP contribution is -2.39. The number of benzene rings is 1. The molecule has 0 amide bonds. The third-order valence-corrected chi connectivity index (χ3v) is 3.78. The normalized spacial score (nSPS) is 29.1. The van der Waals surface area contributed by atoms with E-state index < -0.39 is 0 Å². The Morgan fingerprint density at radius 3 is 2.60 bits per heavy atom. The van der Waals surface area contributed by atoms with Gasteiger partial charge in [0, 0.05) is 11.5 Å². The summed E-state index contributed by atoms with van der Waals surface area (Å²) in [6.07, 6.45) is 0. The largest absolute Gasteiger partial charge is 0.486 e. The van der Waals surface area contributed by atoms with Crippen molar-refractivity contribution < 1.29 is 9.13 Å². The lowest BCUT2D eigenvalue weighted by molar-refractivity contribution is 0.0441. The van der Waals surface area contributed by atoms with Crippen molar-refractivity contribution in [1.82, 2.24) is 0 Å². The van der Waals surface area contributed by atoms with Crippen molar-refractivity contribution in [2.24, 2.45) is 5.92 Å². The number of fused-ring (bicyclic) bond motifs is 1. The summed E-state index contributed by atoms with van der Waals surface area (Å²) in [5, 5.41) is 0. The zero-order chi connectivity index (χ0) is 11.2. The first-order chi connectivity index (χ1) is 6.97. The highest BCUT2D eigenvalue weighted by Crippen LogP contribution is 2.48. The van der Waals surface area contributed by atoms with E-state index >= 15 is 0 Å². The fourth-order valence-corrected chi connectivity index (χ4v) is 2.26. The second kappa shape index (κ2) is 3.22. The Balaban J connectivity index is 2.50. The zero-order valence-electron chi connectivity index (χ0n) is 9.67. The molecule has 82 valence electrons. The molecule has 0 fully saturated rings. The van der Waals surface area contributed by atoms with Crippen LogP contribution in [0.3, 0.4) is 0 Å². The second-order valence-electron chi connectivity index (χ2n) is 4.81. The summed E-state index contributed by atoms with van der Waals surface area (Å²) < 4.78 is 19.6. The van der Waals surface area contributed by atoms with E-state index in [-0.39, 0.29) is 17.3 Å². The van der Waals surface area contributed by atoms with Crippen molar-refractivity contribution in [3.8, 4) is 5.75 Å². The fourth-order valence-electron chi connectivity index (χ4n) is 2.26. The van der Waals surface area contributed by atoms with Gasteiger partial charge < -0.3 is 4.74 Å². The first-order valence-electron chi connectivity index (χ1n) is 5.44. The van der Waals surface area contributed by atoms with Gasteiger partial charge in [0.25, 0.3) is 0 Å². The van der Waals surface area contributed by atoms with Crippen molar-refractivity contribution >= 4 is 0 Å². The lowest BCUT2D eigenvalue weighted by Gasteiger charge is -2.32. The van der Waals surface area contributed by atoms with Gasteiger partial charge in [0.15, 0.2) is 0 Å². The van der Waals surface area contributed by atoms with Crippen LogP contribution in [-0.4, -0.2) is 5.60 Å². The summed E-state index contributed by atoms with van der Waals surface area (Å²) in [6, 6.07) is 5.06. The molecule has 2 heteroatoms. The highest BCUT2D eigenvalue weighted by atomic mass is 19.1. The van der Waals surface area contributed by atoms with E-state index in [2.05, 4.69) is 20.8 Å². The average Bonchev–Trinajstić information content (AvgIpc) is 2.42. The molecule has 1 aliphatic rings. The Kier molecular flexibility index (Phi) is 2.25. The van der Waals surface area contributed by atoms with Crippen molar-refractivity contribution in [3.63, 3.8) is 0 Å². The van der Waals surface area contributed by atoms with Crippen LogP contribution in [0.4, 0.5) is 4.39 Å². The van der Waals surface area contributed by atoms with Gasteiger partial charge in [-0.1, -0.05) is 26.8 Å². The zero-order valence-corrected chi connectivity index (χ0v) is 9.67. The molecule has 2 rings (SSSR count). The SMILES string of the molecule is CC(C)C1(C)Oc2cccc(F)c2C1C. The van der Waals surface area contributed by atoms with Gasteiger partial charge in [-0.05, 0) is 25.0 Å². The van der Waals surface area contributed by atoms with Crippen molar-refractivity contribution in [2.75, 3.05) is 0 Å². The molecule has 0 radical (unpaired) electrons. The van der Waals surface area contributed by atoms with Gasteiger partial charge in [-0.15, -0.1) is 0 Å². The summed E-state index contributed by atoms with van der Waals surface area (Å²) in [7, 11) is 0. The minimum absolute atomic E-state index is 0.105. The van der Waals surface area contributed by atoms with E-state index in [0.29, 0.717) is 11.7 Å². The maximum Gasteiger partial charge on any atom is 0.130 e. The molecule has 0 N–H and O–H groups in total. The summed E-state index contributed by atoms with van der Waals surface area (Å²) in [5.41, 5.74) is 0.443. The van der Waals surface area contributed by atoms with Gasteiger partial charge in [-0.25, -0.2) is 4.39 Å². The first kappa shape index (κ1) is 10.5. The number of ether oxygens (including phenoxy) is 1. The molecule has 1 heterocycles. The Hall–Kier alpha value is -1.05. The van der Waals surface area contributed by atoms with Crippen LogP contribution in [0.15, 0.2) is 18.2 Å². The molecule has 0 bridgehead atoms. The summed E-state index contributed by atoms with van der Waals surface area (Å²) in [5.74, 6) is 1.02. The number of hydrogen-bond donors (Lipinski definition) is 0. The Labute approximate surface area is 90.3 Å². The van der Waals surface area contributed by atoms with Gasteiger partial charge >= 0.3 is 0 Å². The van der Waals surface area contributed by atoms with Crippen LogP contribution in [0.5, 0.6) is 5.75 Å². The Morgan fingerprint density at radius 1 is 1.40 bits per heavy atom. The average molecular weight is 208 g/mol. The molecule has 0 saturated heterocycles. The quantitative estimate of drug-likeness (QED) is 0.683. The molecule has 2 atom stereocenters. The molecule has 0 aromatic heterocycles.